The minimum atomic E-state index is -1.18. The molecule has 1 saturated heterocycles. The molecular weight excluding hydrogens is 327 g/mol. The highest BCUT2D eigenvalue weighted by molar-refractivity contribution is 6.32. The highest BCUT2D eigenvalue weighted by Gasteiger charge is 2.40. The van der Waals surface area contributed by atoms with Gasteiger partial charge in [-0.3, -0.25) is 19.9 Å². The third-order valence-corrected chi connectivity index (χ3v) is 3.98. The van der Waals surface area contributed by atoms with Gasteiger partial charge in [0.05, 0.1) is 12.2 Å². The van der Waals surface area contributed by atoms with Gasteiger partial charge in [0.2, 0.25) is 5.91 Å². The molecule has 1 aromatic carbocycles. The lowest BCUT2D eigenvalue weighted by atomic mass is 10.1. The minimum absolute atomic E-state index is 0.193. The van der Waals surface area contributed by atoms with Crippen LogP contribution in [0.3, 0.4) is 0 Å². The van der Waals surface area contributed by atoms with Gasteiger partial charge < -0.3 is 4.90 Å². The first kappa shape index (κ1) is 18.7. The fourth-order valence-corrected chi connectivity index (χ4v) is 2.48. The zero-order valence-corrected chi connectivity index (χ0v) is 14.2. The predicted molar refractivity (Wildman–Crippen MR) is 92.1 cm³/mol. The zero-order valence-electron chi connectivity index (χ0n) is 14.2. The number of likely N-dealkylation sites (N-methyl/N-ethyl adjacent to an activating group) is 1. The average Bonchev–Trinajstić information content (AvgIpc) is 2.59. The van der Waals surface area contributed by atoms with Gasteiger partial charge in [-0.2, -0.15) is 0 Å². The fourth-order valence-electron chi connectivity index (χ4n) is 2.48. The van der Waals surface area contributed by atoms with Gasteiger partial charge in [-0.1, -0.05) is 13.8 Å². The Labute approximate surface area is 145 Å². The molecule has 1 N–H and O–H groups in total. The second-order valence-electron chi connectivity index (χ2n) is 5.50. The van der Waals surface area contributed by atoms with Crippen molar-refractivity contribution in [1.29, 1.82) is 0 Å². The highest BCUT2D eigenvalue weighted by Crippen LogP contribution is 2.20. The first-order valence-corrected chi connectivity index (χ1v) is 8.14. The molecule has 1 aliphatic heterocycles. The maximum absolute atomic E-state index is 13.0. The molecule has 1 aliphatic rings. The van der Waals surface area contributed by atoms with Crippen molar-refractivity contribution in [3.8, 4) is 0 Å². The van der Waals surface area contributed by atoms with Gasteiger partial charge in [0.15, 0.2) is 5.92 Å². The predicted octanol–water partition coefficient (Wildman–Crippen LogP) is 1.44. The number of carbonyl (C=O) groups is 3. The third kappa shape index (κ3) is 4.48. The van der Waals surface area contributed by atoms with Crippen LogP contribution in [0, 0.1) is 11.7 Å². The Morgan fingerprint density at radius 3 is 2.44 bits per heavy atom. The number of barbiturate groups is 1. The van der Waals surface area contributed by atoms with Crippen molar-refractivity contribution in [2.24, 2.45) is 10.9 Å². The summed E-state index contributed by atoms with van der Waals surface area (Å²) in [6, 6.07) is 4.03. The summed E-state index contributed by atoms with van der Waals surface area (Å²) in [4.78, 5) is 43.6. The van der Waals surface area contributed by atoms with Crippen LogP contribution in [0.1, 0.15) is 13.8 Å². The number of anilines is 1. The Morgan fingerprint density at radius 1 is 1.20 bits per heavy atom. The maximum atomic E-state index is 13.0. The van der Waals surface area contributed by atoms with Gasteiger partial charge in [-0.25, -0.2) is 14.1 Å². The van der Waals surface area contributed by atoms with E-state index in [-0.39, 0.29) is 5.69 Å². The van der Waals surface area contributed by atoms with Gasteiger partial charge in [-0.15, -0.1) is 0 Å². The molecule has 0 aromatic heterocycles. The Morgan fingerprint density at radius 2 is 1.84 bits per heavy atom. The molecule has 0 aliphatic carbocycles. The molecule has 1 atom stereocenters. The molecule has 0 spiro atoms. The number of nitrogens with zero attached hydrogens (tertiary/aromatic N) is 3. The monoisotopic (exact) mass is 348 g/mol. The third-order valence-electron chi connectivity index (χ3n) is 3.98. The molecule has 0 radical (unpaired) electrons. The van der Waals surface area contributed by atoms with Crippen LogP contribution in [0.2, 0.25) is 0 Å². The average molecular weight is 348 g/mol. The Hall–Kier alpha value is -2.61. The van der Waals surface area contributed by atoms with E-state index in [9.17, 15) is 18.8 Å². The van der Waals surface area contributed by atoms with Gasteiger partial charge >= 0.3 is 6.03 Å². The van der Waals surface area contributed by atoms with Crippen molar-refractivity contribution in [3.05, 3.63) is 30.1 Å². The van der Waals surface area contributed by atoms with Crippen LogP contribution in [-0.2, 0) is 9.59 Å². The maximum Gasteiger partial charge on any atom is 0.335 e. The van der Waals surface area contributed by atoms with Crippen LogP contribution in [0.5, 0.6) is 0 Å². The summed E-state index contributed by atoms with van der Waals surface area (Å²) in [6.07, 6.45) is 1.27. The second kappa shape index (κ2) is 8.48. The van der Waals surface area contributed by atoms with Crippen LogP contribution in [0.25, 0.3) is 0 Å². The summed E-state index contributed by atoms with van der Waals surface area (Å²) in [5, 5.41) is 2.13. The Balaban J connectivity index is 2.10. The molecule has 8 heteroatoms. The van der Waals surface area contributed by atoms with E-state index in [1.54, 1.807) is 0 Å². The Kier molecular flexibility index (Phi) is 6.35. The largest absolute Gasteiger partial charge is 0.335 e. The Bertz CT molecular complexity index is 671. The summed E-state index contributed by atoms with van der Waals surface area (Å²) >= 11 is 0. The molecule has 7 nitrogen and oxygen atoms in total. The van der Waals surface area contributed by atoms with Crippen LogP contribution in [0.15, 0.2) is 29.3 Å². The lowest BCUT2D eigenvalue weighted by Crippen LogP contribution is -2.58. The second-order valence-corrected chi connectivity index (χ2v) is 5.50. The summed E-state index contributed by atoms with van der Waals surface area (Å²) in [7, 11) is 0. The van der Waals surface area contributed by atoms with E-state index >= 15 is 0 Å². The lowest BCUT2D eigenvalue weighted by Gasteiger charge is -2.28. The van der Waals surface area contributed by atoms with E-state index < -0.39 is 29.6 Å². The number of nitrogens with one attached hydrogen (secondary N) is 1. The number of halogens is 1. The van der Waals surface area contributed by atoms with Crippen molar-refractivity contribution < 1.29 is 18.8 Å². The molecule has 1 unspecified atom stereocenters. The summed E-state index contributed by atoms with van der Waals surface area (Å²) in [6.45, 7) is 7.02. The molecule has 25 heavy (non-hydrogen) atoms. The van der Waals surface area contributed by atoms with Crippen molar-refractivity contribution in [3.63, 3.8) is 0 Å². The normalized spacial score (nSPS) is 18.3. The van der Waals surface area contributed by atoms with E-state index in [0.717, 1.165) is 30.1 Å². The topological polar surface area (TPSA) is 82.1 Å². The van der Waals surface area contributed by atoms with Crippen LogP contribution >= 0.6 is 0 Å². The van der Waals surface area contributed by atoms with Crippen molar-refractivity contribution >= 4 is 29.7 Å². The van der Waals surface area contributed by atoms with E-state index in [4.69, 9.17) is 0 Å². The lowest BCUT2D eigenvalue weighted by molar-refractivity contribution is -0.131. The van der Waals surface area contributed by atoms with E-state index in [0.29, 0.717) is 13.1 Å². The first-order valence-electron chi connectivity index (χ1n) is 8.14. The number of hydrogen-bond donors (Lipinski definition) is 1. The molecule has 0 bridgehead atoms. The molecule has 1 heterocycles. The molecule has 1 fully saturated rings. The van der Waals surface area contributed by atoms with Gasteiger partial charge in [0.1, 0.15) is 5.82 Å². The minimum Gasteiger partial charge on any atom is -0.302 e. The number of hydrogen-bond acceptors (Lipinski definition) is 5. The summed E-state index contributed by atoms with van der Waals surface area (Å²) < 4.78 is 13.0. The SMILES string of the molecule is CCN(CC)CCN=CC1C(=O)NC(=O)N(c2ccc(F)cc2)C1=O. The fraction of sp³-hybridized carbons (Fsp3) is 0.412. The standard InChI is InChI=1S/C17H21FN4O3/c1-3-21(4-2)10-9-19-11-14-15(23)20-17(25)22(16(14)24)13-7-5-12(18)6-8-13/h5-8,11,14H,3-4,9-10H2,1-2H3,(H,20,23,25). The molecule has 134 valence electrons. The molecule has 1 aromatic rings. The number of imide groups is 2. The number of urea groups is 1. The quantitative estimate of drug-likeness (QED) is 0.597. The summed E-state index contributed by atoms with van der Waals surface area (Å²) in [5.74, 6) is -3.08. The number of amides is 4. The number of carbonyl (C=O) groups excluding carboxylic acids is 3. The van der Waals surface area contributed by atoms with Crippen LogP contribution in [0.4, 0.5) is 14.9 Å². The summed E-state index contributed by atoms with van der Waals surface area (Å²) in [5.41, 5.74) is 0.193. The van der Waals surface area contributed by atoms with Gasteiger partial charge in [-0.05, 0) is 37.4 Å². The van der Waals surface area contributed by atoms with E-state index in [1.807, 2.05) is 13.8 Å². The van der Waals surface area contributed by atoms with Crippen molar-refractivity contribution in [2.45, 2.75) is 13.8 Å². The van der Waals surface area contributed by atoms with E-state index in [1.165, 1.54) is 18.3 Å². The van der Waals surface area contributed by atoms with Crippen molar-refractivity contribution in [2.75, 3.05) is 31.1 Å². The van der Waals surface area contributed by atoms with Crippen LogP contribution < -0.4 is 10.2 Å². The van der Waals surface area contributed by atoms with Crippen molar-refractivity contribution in [1.82, 2.24) is 10.2 Å². The van der Waals surface area contributed by atoms with Gasteiger partial charge in [0, 0.05) is 12.8 Å². The molecule has 2 rings (SSSR count). The number of benzene rings is 1. The molecule has 4 amide bonds. The van der Waals surface area contributed by atoms with Gasteiger partial charge in [0.25, 0.3) is 5.91 Å². The zero-order chi connectivity index (χ0) is 18.4. The highest BCUT2D eigenvalue weighted by atomic mass is 19.1. The number of rotatable bonds is 7. The first-order chi connectivity index (χ1) is 12.0. The smallest absolute Gasteiger partial charge is 0.302 e. The van der Waals surface area contributed by atoms with Crippen LogP contribution in [-0.4, -0.2) is 55.1 Å². The molecule has 0 saturated carbocycles. The van der Waals surface area contributed by atoms with E-state index in [2.05, 4.69) is 15.2 Å². The number of aliphatic imine (C=N–C) groups is 1. The molecular formula is C17H21FN4O3.